The van der Waals surface area contributed by atoms with E-state index in [4.69, 9.17) is 48.9 Å². The summed E-state index contributed by atoms with van der Waals surface area (Å²) in [4.78, 5) is 31.4. The van der Waals surface area contributed by atoms with E-state index in [0.29, 0.717) is 27.4 Å². The van der Waals surface area contributed by atoms with E-state index in [0.717, 1.165) is 5.06 Å². The molecule has 0 aliphatic rings. The number of aromatic nitrogens is 1. The quantitative estimate of drug-likeness (QED) is 0.169. The normalized spacial score (nSPS) is 10.7. The van der Waals surface area contributed by atoms with Gasteiger partial charge in [-0.1, -0.05) is 76.4 Å². The van der Waals surface area contributed by atoms with Gasteiger partial charge in [0.05, 0.1) is 30.1 Å². The van der Waals surface area contributed by atoms with Crippen LogP contribution in [0.4, 0.5) is 0 Å². The molecule has 0 N–H and O–H groups in total. The average molecular weight is 560 g/mol. The predicted molar refractivity (Wildman–Crippen MR) is 142 cm³/mol. The summed E-state index contributed by atoms with van der Waals surface area (Å²) in [6, 6.07) is 18.8. The number of carbonyl (C=O) groups is 2. The fourth-order valence-corrected chi connectivity index (χ4v) is 4.33. The van der Waals surface area contributed by atoms with Crippen LogP contribution in [0.2, 0.25) is 15.1 Å². The number of amides is 1. The first-order chi connectivity index (χ1) is 17.8. The fourth-order valence-electron chi connectivity index (χ4n) is 3.60. The zero-order chi connectivity index (χ0) is 26.5. The summed E-state index contributed by atoms with van der Waals surface area (Å²) in [7, 11) is 1.31. The molecule has 0 aliphatic heterocycles. The van der Waals surface area contributed by atoms with Crippen LogP contribution in [0.1, 0.15) is 22.8 Å². The number of hydrogen-bond donors (Lipinski definition) is 0. The number of hydrogen-bond acceptors (Lipinski definition) is 6. The van der Waals surface area contributed by atoms with Crippen molar-refractivity contribution in [2.24, 2.45) is 0 Å². The van der Waals surface area contributed by atoms with Gasteiger partial charge >= 0.3 is 5.97 Å². The van der Waals surface area contributed by atoms with Gasteiger partial charge in [0.25, 0.3) is 5.91 Å². The molecule has 10 heteroatoms. The van der Waals surface area contributed by atoms with Crippen LogP contribution >= 0.6 is 34.8 Å². The Hall–Kier alpha value is -3.52. The van der Waals surface area contributed by atoms with Gasteiger partial charge in [-0.15, -0.1) is 0 Å². The van der Waals surface area contributed by atoms with E-state index in [-0.39, 0.29) is 40.1 Å². The number of nitrogens with zero attached hydrogens (tertiary/aromatic N) is 2. The zero-order valence-corrected chi connectivity index (χ0v) is 22.1. The molecule has 0 unspecified atom stereocenters. The summed E-state index contributed by atoms with van der Waals surface area (Å²) in [6.45, 7) is 1.94. The van der Waals surface area contributed by atoms with Gasteiger partial charge < -0.3 is 14.1 Å². The molecule has 190 valence electrons. The molecule has 3 aromatic carbocycles. The number of benzene rings is 3. The summed E-state index contributed by atoms with van der Waals surface area (Å²) in [5, 5.41) is 6.31. The van der Waals surface area contributed by atoms with E-state index >= 15 is 0 Å². The topological polar surface area (TPSA) is 81.9 Å². The molecular weight excluding hydrogens is 539 g/mol. The van der Waals surface area contributed by atoms with E-state index in [9.17, 15) is 9.59 Å². The minimum Gasteiger partial charge on any atom is -0.469 e. The van der Waals surface area contributed by atoms with E-state index in [1.54, 1.807) is 37.3 Å². The Kier molecular flexibility index (Phi) is 8.38. The van der Waals surface area contributed by atoms with Crippen molar-refractivity contribution in [2.45, 2.75) is 13.3 Å². The molecule has 0 aliphatic carbocycles. The molecule has 4 rings (SSSR count). The van der Waals surface area contributed by atoms with Gasteiger partial charge in [0.1, 0.15) is 11.3 Å². The van der Waals surface area contributed by atoms with Crippen molar-refractivity contribution in [1.29, 1.82) is 0 Å². The van der Waals surface area contributed by atoms with Gasteiger partial charge in [0.2, 0.25) is 0 Å². The molecule has 0 spiro atoms. The molecule has 37 heavy (non-hydrogen) atoms. The minimum absolute atomic E-state index is 0.0489. The lowest BCUT2D eigenvalue weighted by molar-refractivity contribution is -0.139. The van der Waals surface area contributed by atoms with Crippen LogP contribution in [0.3, 0.4) is 0 Å². The first-order valence-corrected chi connectivity index (χ1v) is 12.3. The second kappa shape index (κ2) is 11.7. The zero-order valence-electron chi connectivity index (χ0n) is 19.8. The highest BCUT2D eigenvalue weighted by molar-refractivity contribution is 6.35. The maximum absolute atomic E-state index is 13.9. The van der Waals surface area contributed by atoms with Crippen LogP contribution in [0.25, 0.3) is 22.6 Å². The van der Waals surface area contributed by atoms with Crippen molar-refractivity contribution in [3.63, 3.8) is 0 Å². The second-order valence-corrected chi connectivity index (χ2v) is 9.09. The summed E-state index contributed by atoms with van der Waals surface area (Å²) in [5.41, 5.74) is 2.21. The molecule has 7 nitrogen and oxygen atoms in total. The molecule has 1 heterocycles. The van der Waals surface area contributed by atoms with Crippen LogP contribution in [0, 0.1) is 0 Å². The van der Waals surface area contributed by atoms with Crippen LogP contribution in [-0.4, -0.2) is 35.8 Å². The number of methoxy groups -OCH3 is 1. The van der Waals surface area contributed by atoms with Gasteiger partial charge in [-0.2, -0.15) is 5.06 Å². The lowest BCUT2D eigenvalue weighted by Crippen LogP contribution is -2.34. The number of rotatable bonds is 8. The van der Waals surface area contributed by atoms with Gasteiger partial charge in [-0.05, 0) is 42.8 Å². The largest absolute Gasteiger partial charge is 0.469 e. The molecule has 4 aromatic rings. The summed E-state index contributed by atoms with van der Waals surface area (Å²) in [5.74, 6) is -0.505. The molecule has 1 aromatic heterocycles. The number of ether oxygens (including phenoxy) is 1. The number of hydroxylamine groups is 2. The van der Waals surface area contributed by atoms with Crippen molar-refractivity contribution in [2.75, 3.05) is 13.7 Å². The third-order valence-corrected chi connectivity index (χ3v) is 6.27. The Balaban J connectivity index is 1.79. The predicted octanol–water partition coefficient (Wildman–Crippen LogP) is 7.14. The SMILES string of the molecule is CCN(Oc1ccc(Cl)cc1Cl)C(=O)c1c(-c2ccccc2)noc1-c1ccc(CC(=O)OC)cc1Cl. The van der Waals surface area contributed by atoms with Crippen molar-refractivity contribution >= 4 is 46.7 Å². The maximum atomic E-state index is 13.9. The van der Waals surface area contributed by atoms with Gasteiger partial charge in [-0.25, -0.2) is 0 Å². The molecule has 0 radical (unpaired) electrons. The third kappa shape index (κ3) is 5.91. The van der Waals surface area contributed by atoms with E-state index < -0.39 is 11.9 Å². The Morgan fingerprint density at radius 3 is 2.38 bits per heavy atom. The van der Waals surface area contributed by atoms with Gasteiger partial charge in [-0.3, -0.25) is 9.59 Å². The smallest absolute Gasteiger partial charge is 0.309 e. The van der Waals surface area contributed by atoms with E-state index in [1.807, 2.05) is 30.3 Å². The monoisotopic (exact) mass is 558 g/mol. The maximum Gasteiger partial charge on any atom is 0.309 e. The lowest BCUT2D eigenvalue weighted by atomic mass is 10.00. The van der Waals surface area contributed by atoms with Crippen molar-refractivity contribution in [1.82, 2.24) is 10.2 Å². The highest BCUT2D eigenvalue weighted by atomic mass is 35.5. The highest BCUT2D eigenvalue weighted by Crippen LogP contribution is 2.38. The average Bonchev–Trinajstić information content (AvgIpc) is 3.33. The standard InChI is InChI=1S/C27H21Cl3N2O5/c1-3-32(37-22-12-10-18(28)15-21(22)30)27(34)24-25(17-7-5-4-6-8-17)31-36-26(24)19-11-9-16(13-20(19)29)14-23(33)35-2/h4-13,15H,3,14H2,1-2H3. The molecule has 1 amide bonds. The molecular formula is C27H21Cl3N2O5. The van der Waals surface area contributed by atoms with Crippen LogP contribution in [0.15, 0.2) is 71.3 Å². The Labute approximate surface area is 228 Å². The van der Waals surface area contributed by atoms with Crippen molar-refractivity contribution < 1.29 is 23.7 Å². The minimum atomic E-state index is -0.515. The first kappa shape index (κ1) is 26.5. The van der Waals surface area contributed by atoms with E-state index in [2.05, 4.69) is 5.16 Å². The Morgan fingerprint density at radius 1 is 0.973 bits per heavy atom. The lowest BCUT2D eigenvalue weighted by Gasteiger charge is -2.22. The Morgan fingerprint density at radius 2 is 1.73 bits per heavy atom. The molecule has 0 saturated carbocycles. The van der Waals surface area contributed by atoms with Gasteiger partial charge in [0.15, 0.2) is 11.5 Å². The van der Waals surface area contributed by atoms with Crippen LogP contribution in [-0.2, 0) is 16.0 Å². The van der Waals surface area contributed by atoms with E-state index in [1.165, 1.54) is 13.2 Å². The number of esters is 1. The summed E-state index contributed by atoms with van der Waals surface area (Å²) < 4.78 is 10.4. The first-order valence-electron chi connectivity index (χ1n) is 11.2. The highest BCUT2D eigenvalue weighted by Gasteiger charge is 2.31. The van der Waals surface area contributed by atoms with Crippen LogP contribution < -0.4 is 4.84 Å². The van der Waals surface area contributed by atoms with Crippen molar-refractivity contribution in [3.8, 4) is 28.3 Å². The summed E-state index contributed by atoms with van der Waals surface area (Å²) in [6.07, 6.45) is 0.0489. The molecule has 0 atom stereocenters. The van der Waals surface area contributed by atoms with Gasteiger partial charge in [0, 0.05) is 16.1 Å². The second-order valence-electron chi connectivity index (χ2n) is 7.83. The Bertz CT molecular complexity index is 1440. The number of halogens is 3. The summed E-state index contributed by atoms with van der Waals surface area (Å²) >= 11 is 18.8. The molecule has 0 saturated heterocycles. The molecule has 0 fully saturated rings. The molecule has 0 bridgehead atoms. The fraction of sp³-hybridized carbons (Fsp3) is 0.148. The number of carbonyl (C=O) groups excluding carboxylic acids is 2. The third-order valence-electron chi connectivity index (χ3n) is 5.42. The van der Waals surface area contributed by atoms with Crippen LogP contribution in [0.5, 0.6) is 5.75 Å². The van der Waals surface area contributed by atoms with Crippen molar-refractivity contribution in [3.05, 3.63) is 92.9 Å².